The molecule has 0 atom stereocenters. The average Bonchev–Trinajstić information content (AvgIpc) is 2.43. The fourth-order valence-corrected chi connectivity index (χ4v) is 2.91. The maximum absolute atomic E-state index is 11.9. The van der Waals surface area contributed by atoms with Crippen molar-refractivity contribution in [1.29, 1.82) is 0 Å². The second-order valence-electron chi connectivity index (χ2n) is 4.66. The molecule has 0 saturated carbocycles. The van der Waals surface area contributed by atoms with Crippen molar-refractivity contribution >= 4 is 46.6 Å². The number of anilines is 1. The molecule has 0 bridgehead atoms. The van der Waals surface area contributed by atoms with Gasteiger partial charge in [0.15, 0.2) is 0 Å². The van der Waals surface area contributed by atoms with Crippen LogP contribution in [0.1, 0.15) is 11.1 Å². The molecular weight excluding hydrogens is 325 g/mol. The van der Waals surface area contributed by atoms with Gasteiger partial charge in [-0.15, -0.1) is 11.8 Å². The molecule has 2 rings (SSSR count). The van der Waals surface area contributed by atoms with Gasteiger partial charge in [-0.25, -0.2) is 0 Å². The van der Waals surface area contributed by atoms with Crippen molar-refractivity contribution in [3.8, 4) is 0 Å². The van der Waals surface area contributed by atoms with Gasteiger partial charge in [0.05, 0.1) is 15.8 Å². The third-order valence-electron chi connectivity index (χ3n) is 2.79. The minimum Gasteiger partial charge on any atom is -0.325 e. The topological polar surface area (TPSA) is 29.1 Å². The fraction of sp³-hybridized carbons (Fsp3) is 0.188. The quantitative estimate of drug-likeness (QED) is 0.813. The van der Waals surface area contributed by atoms with Gasteiger partial charge < -0.3 is 5.32 Å². The van der Waals surface area contributed by atoms with Gasteiger partial charge in [-0.05, 0) is 42.3 Å². The fourth-order valence-electron chi connectivity index (χ4n) is 1.81. The molecule has 0 unspecified atom stereocenters. The van der Waals surface area contributed by atoms with E-state index in [1.165, 1.54) is 11.8 Å². The van der Waals surface area contributed by atoms with Crippen molar-refractivity contribution in [2.24, 2.45) is 0 Å². The number of nitrogens with one attached hydrogen (secondary N) is 1. The second-order valence-corrected chi connectivity index (χ2v) is 6.46. The second kappa shape index (κ2) is 7.74. The van der Waals surface area contributed by atoms with Gasteiger partial charge in [-0.2, -0.15) is 0 Å². The molecule has 1 amide bonds. The first kappa shape index (κ1) is 16.2. The Balaban J connectivity index is 1.80. The molecule has 0 saturated heterocycles. The van der Waals surface area contributed by atoms with Crippen molar-refractivity contribution in [2.75, 3.05) is 11.1 Å². The highest BCUT2D eigenvalue weighted by Gasteiger charge is 2.04. The summed E-state index contributed by atoms with van der Waals surface area (Å²) in [6, 6.07) is 13.3. The summed E-state index contributed by atoms with van der Waals surface area (Å²) in [7, 11) is 0. The van der Waals surface area contributed by atoms with E-state index >= 15 is 0 Å². The summed E-state index contributed by atoms with van der Waals surface area (Å²) in [5.74, 6) is 1.11. The van der Waals surface area contributed by atoms with Crippen LogP contribution >= 0.6 is 35.0 Å². The van der Waals surface area contributed by atoms with Gasteiger partial charge in [0.1, 0.15) is 0 Å². The lowest BCUT2D eigenvalue weighted by Gasteiger charge is -2.06. The highest BCUT2D eigenvalue weighted by Crippen LogP contribution is 2.24. The van der Waals surface area contributed by atoms with Crippen molar-refractivity contribution < 1.29 is 4.79 Å². The van der Waals surface area contributed by atoms with E-state index in [2.05, 4.69) is 5.32 Å². The van der Waals surface area contributed by atoms with E-state index in [4.69, 9.17) is 23.2 Å². The SMILES string of the molecule is Cc1cccc(NC(=O)CSCc2ccc(Cl)c(Cl)c2)c1. The molecule has 21 heavy (non-hydrogen) atoms. The zero-order valence-corrected chi connectivity index (χ0v) is 13.9. The summed E-state index contributed by atoms with van der Waals surface area (Å²) < 4.78 is 0. The molecule has 110 valence electrons. The van der Waals surface area contributed by atoms with Gasteiger partial charge in [0.25, 0.3) is 0 Å². The van der Waals surface area contributed by atoms with Crippen LogP contribution in [0.25, 0.3) is 0 Å². The molecule has 0 spiro atoms. The highest BCUT2D eigenvalue weighted by atomic mass is 35.5. The number of hydrogen-bond acceptors (Lipinski definition) is 2. The van der Waals surface area contributed by atoms with E-state index in [1.54, 1.807) is 6.07 Å². The number of rotatable bonds is 5. The van der Waals surface area contributed by atoms with E-state index in [1.807, 2.05) is 43.3 Å². The zero-order valence-electron chi connectivity index (χ0n) is 11.5. The lowest BCUT2D eigenvalue weighted by Crippen LogP contribution is -2.14. The van der Waals surface area contributed by atoms with Crippen LogP contribution in [-0.2, 0) is 10.5 Å². The summed E-state index contributed by atoms with van der Waals surface area (Å²) >= 11 is 13.4. The molecule has 0 heterocycles. The maximum Gasteiger partial charge on any atom is 0.234 e. The number of hydrogen-bond donors (Lipinski definition) is 1. The van der Waals surface area contributed by atoms with Crippen LogP contribution in [0.2, 0.25) is 10.0 Å². The first-order chi connectivity index (χ1) is 10.0. The van der Waals surface area contributed by atoms with Crippen LogP contribution in [-0.4, -0.2) is 11.7 Å². The van der Waals surface area contributed by atoms with Crippen molar-refractivity contribution in [1.82, 2.24) is 0 Å². The zero-order chi connectivity index (χ0) is 15.2. The first-order valence-corrected chi connectivity index (χ1v) is 8.34. The lowest BCUT2D eigenvalue weighted by atomic mass is 10.2. The molecule has 2 aromatic carbocycles. The van der Waals surface area contributed by atoms with Crippen LogP contribution in [0.3, 0.4) is 0 Å². The third-order valence-corrected chi connectivity index (χ3v) is 4.53. The monoisotopic (exact) mass is 339 g/mol. The predicted octanol–water partition coefficient (Wildman–Crippen LogP) is 5.17. The summed E-state index contributed by atoms with van der Waals surface area (Å²) in [6.45, 7) is 1.99. The Morgan fingerprint density at radius 3 is 2.67 bits per heavy atom. The predicted molar refractivity (Wildman–Crippen MR) is 92.4 cm³/mol. The van der Waals surface area contributed by atoms with Gasteiger partial charge >= 0.3 is 0 Å². The Labute approximate surface area is 138 Å². The standard InChI is InChI=1S/C16H15Cl2NOS/c1-11-3-2-4-13(7-11)19-16(20)10-21-9-12-5-6-14(17)15(18)8-12/h2-8H,9-10H2,1H3,(H,19,20). The van der Waals surface area contributed by atoms with Gasteiger partial charge in [0.2, 0.25) is 5.91 Å². The normalized spacial score (nSPS) is 10.4. The molecule has 0 radical (unpaired) electrons. The van der Waals surface area contributed by atoms with E-state index in [0.717, 1.165) is 22.6 Å². The van der Waals surface area contributed by atoms with Crippen LogP contribution < -0.4 is 5.32 Å². The average molecular weight is 340 g/mol. The number of benzene rings is 2. The Hall–Kier alpha value is -1.16. The Morgan fingerprint density at radius 2 is 1.95 bits per heavy atom. The minimum absolute atomic E-state index is 0.00865. The largest absolute Gasteiger partial charge is 0.325 e. The molecule has 0 aromatic heterocycles. The highest BCUT2D eigenvalue weighted by molar-refractivity contribution is 7.99. The lowest BCUT2D eigenvalue weighted by molar-refractivity contribution is -0.113. The summed E-state index contributed by atoms with van der Waals surface area (Å²) in [5.41, 5.74) is 3.00. The number of halogens is 2. The van der Waals surface area contributed by atoms with Crippen LogP contribution in [0.5, 0.6) is 0 Å². The number of thioether (sulfide) groups is 1. The van der Waals surface area contributed by atoms with Gasteiger partial charge in [0, 0.05) is 11.4 Å². The number of aryl methyl sites for hydroxylation is 1. The Bertz CT molecular complexity index is 646. The molecule has 5 heteroatoms. The number of amides is 1. The first-order valence-electron chi connectivity index (χ1n) is 6.43. The van der Waals surface area contributed by atoms with E-state index in [0.29, 0.717) is 15.8 Å². The summed E-state index contributed by atoms with van der Waals surface area (Å²) in [5, 5.41) is 3.97. The van der Waals surface area contributed by atoms with E-state index < -0.39 is 0 Å². The molecule has 0 aliphatic rings. The van der Waals surface area contributed by atoms with E-state index in [9.17, 15) is 4.79 Å². The molecule has 2 nitrogen and oxygen atoms in total. The van der Waals surface area contributed by atoms with Gasteiger partial charge in [-0.3, -0.25) is 4.79 Å². The van der Waals surface area contributed by atoms with Crippen molar-refractivity contribution in [3.63, 3.8) is 0 Å². The number of carbonyl (C=O) groups is 1. The van der Waals surface area contributed by atoms with Gasteiger partial charge in [-0.1, -0.05) is 41.4 Å². The molecule has 0 aliphatic carbocycles. The molecule has 0 aliphatic heterocycles. The third kappa shape index (κ3) is 5.27. The van der Waals surface area contributed by atoms with Crippen LogP contribution in [0.4, 0.5) is 5.69 Å². The van der Waals surface area contributed by atoms with Crippen molar-refractivity contribution in [2.45, 2.75) is 12.7 Å². The Morgan fingerprint density at radius 1 is 1.14 bits per heavy atom. The summed E-state index contributed by atoms with van der Waals surface area (Å²) in [6.07, 6.45) is 0. The van der Waals surface area contributed by atoms with Crippen LogP contribution in [0.15, 0.2) is 42.5 Å². The van der Waals surface area contributed by atoms with Crippen molar-refractivity contribution in [3.05, 3.63) is 63.6 Å². The smallest absolute Gasteiger partial charge is 0.234 e. The molecule has 2 aromatic rings. The van der Waals surface area contributed by atoms with Crippen LogP contribution in [0, 0.1) is 6.92 Å². The Kier molecular flexibility index (Phi) is 5.97. The molecular formula is C16H15Cl2NOS. The summed E-state index contributed by atoms with van der Waals surface area (Å²) in [4.78, 5) is 11.9. The number of carbonyl (C=O) groups excluding carboxylic acids is 1. The minimum atomic E-state index is -0.00865. The van der Waals surface area contributed by atoms with E-state index in [-0.39, 0.29) is 5.91 Å². The molecule has 1 N–H and O–H groups in total. The maximum atomic E-state index is 11.9. The molecule has 0 fully saturated rings.